The Labute approximate surface area is 109 Å². The zero-order chi connectivity index (χ0) is 13.1. The van der Waals surface area contributed by atoms with E-state index in [-0.39, 0.29) is 5.92 Å². The molecule has 0 spiro atoms. The molecule has 2 rings (SSSR count). The molecule has 1 aromatic heterocycles. The number of aromatic nitrogens is 3. The molecule has 0 saturated heterocycles. The molecule has 4 heteroatoms. The lowest BCUT2D eigenvalue weighted by Crippen LogP contribution is -2.27. The van der Waals surface area contributed by atoms with Crippen LogP contribution in [0.1, 0.15) is 45.9 Å². The van der Waals surface area contributed by atoms with Gasteiger partial charge in [0.05, 0.1) is 0 Å². The minimum atomic E-state index is 0.156. The van der Waals surface area contributed by atoms with E-state index in [9.17, 15) is 4.79 Å². The highest BCUT2D eigenvalue weighted by Crippen LogP contribution is 2.28. The van der Waals surface area contributed by atoms with E-state index >= 15 is 0 Å². The Morgan fingerprint density at radius 2 is 2.28 bits per heavy atom. The minimum Gasteiger partial charge on any atom is -0.299 e. The molecular formula is C14H23N3O. The monoisotopic (exact) mass is 249 g/mol. The molecule has 0 N–H and O–H groups in total. The van der Waals surface area contributed by atoms with Gasteiger partial charge < -0.3 is 0 Å². The van der Waals surface area contributed by atoms with Gasteiger partial charge in [-0.1, -0.05) is 20.8 Å². The number of rotatable bonds is 4. The van der Waals surface area contributed by atoms with Crippen molar-refractivity contribution in [1.82, 2.24) is 14.8 Å². The largest absolute Gasteiger partial charge is 0.299 e. The first kappa shape index (κ1) is 13.2. The Bertz CT molecular complexity index is 411. The SMILES string of the molecule is CC(C)Cn1ncnc1CC1CC(C)CCC1=O. The summed E-state index contributed by atoms with van der Waals surface area (Å²) in [6.07, 6.45) is 5.16. The van der Waals surface area contributed by atoms with Crippen LogP contribution in [0, 0.1) is 17.8 Å². The summed E-state index contributed by atoms with van der Waals surface area (Å²) in [6, 6.07) is 0. The van der Waals surface area contributed by atoms with Crippen LogP contribution in [0.15, 0.2) is 6.33 Å². The fourth-order valence-corrected chi connectivity index (χ4v) is 2.69. The predicted octanol–water partition coefficient (Wildman–Crippen LogP) is 2.48. The third kappa shape index (κ3) is 3.18. The molecule has 2 atom stereocenters. The van der Waals surface area contributed by atoms with E-state index < -0.39 is 0 Å². The van der Waals surface area contributed by atoms with Crippen molar-refractivity contribution in [1.29, 1.82) is 0 Å². The lowest BCUT2D eigenvalue weighted by molar-refractivity contribution is -0.125. The quantitative estimate of drug-likeness (QED) is 0.823. The first-order valence-corrected chi connectivity index (χ1v) is 6.95. The second kappa shape index (κ2) is 5.63. The molecule has 1 aliphatic carbocycles. The fourth-order valence-electron chi connectivity index (χ4n) is 2.69. The topological polar surface area (TPSA) is 47.8 Å². The predicted molar refractivity (Wildman–Crippen MR) is 70.1 cm³/mol. The number of hydrogen-bond donors (Lipinski definition) is 0. The van der Waals surface area contributed by atoms with E-state index in [1.54, 1.807) is 6.33 Å². The molecule has 1 aliphatic rings. The number of Topliss-reactive ketones (excluding diaryl/α,β-unsaturated/α-hetero) is 1. The number of nitrogens with zero attached hydrogens (tertiary/aromatic N) is 3. The number of carbonyl (C=O) groups is 1. The van der Waals surface area contributed by atoms with E-state index in [1.165, 1.54) is 0 Å². The summed E-state index contributed by atoms with van der Waals surface area (Å²) in [7, 11) is 0. The molecule has 100 valence electrons. The molecule has 1 heterocycles. The number of ketones is 1. The maximum absolute atomic E-state index is 11.9. The summed E-state index contributed by atoms with van der Waals surface area (Å²) in [4.78, 5) is 16.3. The molecule has 0 aliphatic heterocycles. The van der Waals surface area contributed by atoms with Crippen LogP contribution >= 0.6 is 0 Å². The van der Waals surface area contributed by atoms with E-state index in [1.807, 2.05) is 4.68 Å². The lowest BCUT2D eigenvalue weighted by Gasteiger charge is -2.25. The average Bonchev–Trinajstić information content (AvgIpc) is 2.70. The first-order valence-electron chi connectivity index (χ1n) is 6.95. The molecule has 18 heavy (non-hydrogen) atoms. The highest BCUT2D eigenvalue weighted by Gasteiger charge is 2.27. The summed E-state index contributed by atoms with van der Waals surface area (Å²) >= 11 is 0. The van der Waals surface area contributed by atoms with Gasteiger partial charge in [0.25, 0.3) is 0 Å². The second-order valence-electron chi connectivity index (χ2n) is 6.00. The summed E-state index contributed by atoms with van der Waals surface area (Å²) in [5.74, 6) is 2.74. The van der Waals surface area contributed by atoms with Gasteiger partial charge >= 0.3 is 0 Å². The van der Waals surface area contributed by atoms with Crippen LogP contribution in [-0.2, 0) is 17.8 Å². The van der Waals surface area contributed by atoms with Gasteiger partial charge in [0.1, 0.15) is 17.9 Å². The number of hydrogen-bond acceptors (Lipinski definition) is 3. The summed E-state index contributed by atoms with van der Waals surface area (Å²) in [5.41, 5.74) is 0. The molecule has 4 nitrogen and oxygen atoms in total. The maximum Gasteiger partial charge on any atom is 0.138 e. The highest BCUT2D eigenvalue weighted by atomic mass is 16.1. The molecule has 0 aromatic carbocycles. The van der Waals surface area contributed by atoms with Crippen LogP contribution in [0.3, 0.4) is 0 Å². The van der Waals surface area contributed by atoms with Gasteiger partial charge in [-0.25, -0.2) is 9.67 Å². The molecular weight excluding hydrogens is 226 g/mol. The average molecular weight is 249 g/mol. The van der Waals surface area contributed by atoms with Gasteiger partial charge in [-0.05, 0) is 24.7 Å². The van der Waals surface area contributed by atoms with Gasteiger partial charge in [-0.2, -0.15) is 5.10 Å². The zero-order valence-corrected chi connectivity index (χ0v) is 11.6. The Morgan fingerprint density at radius 3 is 3.00 bits per heavy atom. The van der Waals surface area contributed by atoms with Crippen LogP contribution in [0.4, 0.5) is 0 Å². The van der Waals surface area contributed by atoms with E-state index in [4.69, 9.17) is 0 Å². The van der Waals surface area contributed by atoms with Crippen LogP contribution in [0.5, 0.6) is 0 Å². The molecule has 2 unspecified atom stereocenters. The van der Waals surface area contributed by atoms with E-state index in [0.717, 1.165) is 38.1 Å². The molecule has 1 fully saturated rings. The standard InChI is InChI=1S/C14H23N3O/c1-10(2)8-17-14(15-9-16-17)7-12-6-11(3)4-5-13(12)18/h9-12H,4-8H2,1-3H3. The Kier molecular flexibility index (Phi) is 4.15. The van der Waals surface area contributed by atoms with Crippen LogP contribution in [-0.4, -0.2) is 20.5 Å². The molecule has 0 bridgehead atoms. The van der Waals surface area contributed by atoms with Gasteiger partial charge in [0.15, 0.2) is 0 Å². The first-order chi connectivity index (χ1) is 8.56. The summed E-state index contributed by atoms with van der Waals surface area (Å²) < 4.78 is 1.96. The van der Waals surface area contributed by atoms with Crippen molar-refractivity contribution >= 4 is 5.78 Å². The lowest BCUT2D eigenvalue weighted by atomic mass is 9.80. The fraction of sp³-hybridized carbons (Fsp3) is 0.786. The van der Waals surface area contributed by atoms with Crippen molar-refractivity contribution in [3.8, 4) is 0 Å². The second-order valence-corrected chi connectivity index (χ2v) is 6.00. The molecule has 1 saturated carbocycles. The number of carbonyl (C=O) groups excluding carboxylic acids is 1. The normalized spacial score (nSPS) is 24.8. The summed E-state index contributed by atoms with van der Waals surface area (Å²) in [5, 5.41) is 4.26. The Morgan fingerprint density at radius 1 is 1.50 bits per heavy atom. The van der Waals surface area contributed by atoms with Crippen molar-refractivity contribution < 1.29 is 4.79 Å². The van der Waals surface area contributed by atoms with Crippen LogP contribution in [0.25, 0.3) is 0 Å². The van der Waals surface area contributed by atoms with E-state index in [0.29, 0.717) is 17.6 Å². The van der Waals surface area contributed by atoms with Crippen molar-refractivity contribution in [3.63, 3.8) is 0 Å². The Hall–Kier alpha value is -1.19. The van der Waals surface area contributed by atoms with Crippen molar-refractivity contribution in [3.05, 3.63) is 12.2 Å². The summed E-state index contributed by atoms with van der Waals surface area (Å²) in [6.45, 7) is 7.45. The molecule has 1 aromatic rings. The van der Waals surface area contributed by atoms with Gasteiger partial charge in [-0.15, -0.1) is 0 Å². The van der Waals surface area contributed by atoms with Gasteiger partial charge in [-0.3, -0.25) is 4.79 Å². The smallest absolute Gasteiger partial charge is 0.138 e. The van der Waals surface area contributed by atoms with Crippen molar-refractivity contribution in [2.75, 3.05) is 0 Å². The van der Waals surface area contributed by atoms with Crippen LogP contribution < -0.4 is 0 Å². The highest BCUT2D eigenvalue weighted by molar-refractivity contribution is 5.81. The third-order valence-electron chi connectivity index (χ3n) is 3.69. The van der Waals surface area contributed by atoms with Crippen molar-refractivity contribution in [2.24, 2.45) is 17.8 Å². The van der Waals surface area contributed by atoms with Crippen molar-refractivity contribution in [2.45, 2.75) is 53.0 Å². The zero-order valence-electron chi connectivity index (χ0n) is 11.6. The van der Waals surface area contributed by atoms with E-state index in [2.05, 4.69) is 30.9 Å². The third-order valence-corrected chi connectivity index (χ3v) is 3.69. The minimum absolute atomic E-state index is 0.156. The molecule has 0 amide bonds. The molecule has 0 radical (unpaired) electrons. The van der Waals surface area contributed by atoms with Gasteiger partial charge in [0.2, 0.25) is 0 Å². The van der Waals surface area contributed by atoms with Crippen LogP contribution in [0.2, 0.25) is 0 Å². The Balaban J connectivity index is 2.04. The maximum atomic E-state index is 11.9. The van der Waals surface area contributed by atoms with Gasteiger partial charge in [0, 0.05) is 25.3 Å².